The fraction of sp³-hybridized carbons (Fsp3) is 0.333. The predicted octanol–water partition coefficient (Wildman–Crippen LogP) is 1.96. The first-order chi connectivity index (χ1) is 16.8. The number of aryl methyl sites for hydroxylation is 1. The Morgan fingerprint density at radius 3 is 2.80 bits per heavy atom. The molecule has 1 saturated heterocycles. The molecule has 2 atom stereocenters. The minimum absolute atomic E-state index is 0.0294. The molecule has 11 heteroatoms. The maximum atomic E-state index is 12.3. The zero-order valence-electron chi connectivity index (χ0n) is 19.5. The number of ether oxygens (including phenoxy) is 1. The third kappa shape index (κ3) is 4.48. The molecule has 35 heavy (non-hydrogen) atoms. The second-order valence-corrected chi connectivity index (χ2v) is 8.62. The van der Waals surface area contributed by atoms with Gasteiger partial charge in [0.05, 0.1) is 41.1 Å². The Bertz CT molecular complexity index is 1380. The van der Waals surface area contributed by atoms with Gasteiger partial charge in [-0.25, -0.2) is 9.67 Å². The van der Waals surface area contributed by atoms with Gasteiger partial charge in [-0.05, 0) is 37.5 Å². The highest BCUT2D eigenvalue weighted by Gasteiger charge is 2.37. The van der Waals surface area contributed by atoms with E-state index in [1.54, 1.807) is 30.5 Å². The predicted molar refractivity (Wildman–Crippen MR) is 133 cm³/mol. The van der Waals surface area contributed by atoms with E-state index < -0.39 is 5.91 Å². The van der Waals surface area contributed by atoms with Gasteiger partial charge in [0, 0.05) is 25.8 Å². The van der Waals surface area contributed by atoms with Crippen molar-refractivity contribution in [2.45, 2.75) is 32.0 Å². The van der Waals surface area contributed by atoms with Crippen LogP contribution in [0.4, 0.5) is 5.82 Å². The van der Waals surface area contributed by atoms with Crippen LogP contribution in [0.15, 0.2) is 31.1 Å². The Kier molecular flexibility index (Phi) is 6.82. The van der Waals surface area contributed by atoms with Gasteiger partial charge in [0.2, 0.25) is 5.91 Å². The molecule has 0 spiro atoms. The molecule has 0 radical (unpaired) electrons. The van der Waals surface area contributed by atoms with Crippen molar-refractivity contribution in [1.29, 1.82) is 0 Å². The molecule has 0 bridgehead atoms. The SMILES string of the molecule is C=CC(=O)N1C[C@@H](n2nc(C#Cc3cc4ncn(CC)c4cc3Cl)c(C(N)=O)c2N)C[C@@H]1COC. The minimum Gasteiger partial charge on any atom is -0.383 e. The fourth-order valence-electron chi connectivity index (χ4n) is 4.42. The number of imidazole rings is 1. The number of amides is 2. The fourth-order valence-corrected chi connectivity index (χ4v) is 4.62. The molecular formula is C24H26ClN7O3. The number of likely N-dealkylation sites (tertiary alicyclic amines) is 1. The van der Waals surface area contributed by atoms with Gasteiger partial charge in [-0.1, -0.05) is 24.1 Å². The first kappa shape index (κ1) is 24.3. The summed E-state index contributed by atoms with van der Waals surface area (Å²) in [5, 5.41) is 4.95. The zero-order valence-corrected chi connectivity index (χ0v) is 20.2. The molecule has 1 aliphatic heterocycles. The van der Waals surface area contributed by atoms with Gasteiger partial charge in [0.1, 0.15) is 11.4 Å². The van der Waals surface area contributed by atoms with Gasteiger partial charge in [-0.15, -0.1) is 0 Å². The van der Waals surface area contributed by atoms with Crippen molar-refractivity contribution in [3.63, 3.8) is 0 Å². The molecule has 1 aliphatic rings. The van der Waals surface area contributed by atoms with Crippen molar-refractivity contribution in [2.24, 2.45) is 5.73 Å². The molecular weight excluding hydrogens is 470 g/mol. The summed E-state index contributed by atoms with van der Waals surface area (Å²) in [6.07, 6.45) is 3.53. The van der Waals surface area contributed by atoms with Gasteiger partial charge >= 0.3 is 0 Å². The van der Waals surface area contributed by atoms with Gasteiger partial charge in [-0.3, -0.25) is 9.59 Å². The smallest absolute Gasteiger partial charge is 0.255 e. The third-order valence-electron chi connectivity index (χ3n) is 6.12. The van der Waals surface area contributed by atoms with Crippen LogP contribution < -0.4 is 11.5 Å². The molecule has 3 heterocycles. The number of carbonyl (C=O) groups is 2. The van der Waals surface area contributed by atoms with Crippen molar-refractivity contribution in [2.75, 3.05) is 26.0 Å². The molecule has 4 N–H and O–H groups in total. The lowest BCUT2D eigenvalue weighted by atomic mass is 10.1. The number of halogens is 1. The van der Waals surface area contributed by atoms with E-state index in [1.807, 2.05) is 11.5 Å². The average molecular weight is 496 g/mol. The number of primary amides is 1. The molecule has 10 nitrogen and oxygen atoms in total. The Morgan fingerprint density at radius 1 is 1.37 bits per heavy atom. The minimum atomic E-state index is -0.744. The number of nitrogen functional groups attached to an aromatic ring is 1. The number of nitrogens with two attached hydrogens (primary N) is 2. The van der Waals surface area contributed by atoms with Crippen LogP contribution in [0.3, 0.4) is 0 Å². The lowest BCUT2D eigenvalue weighted by Crippen LogP contribution is -2.37. The summed E-state index contributed by atoms with van der Waals surface area (Å²) >= 11 is 6.46. The maximum Gasteiger partial charge on any atom is 0.255 e. The number of carbonyl (C=O) groups excluding carboxylic acids is 2. The maximum absolute atomic E-state index is 12.3. The van der Waals surface area contributed by atoms with Crippen molar-refractivity contribution in [3.05, 3.63) is 53.0 Å². The molecule has 0 saturated carbocycles. The first-order valence-corrected chi connectivity index (χ1v) is 11.4. The van der Waals surface area contributed by atoms with E-state index in [0.29, 0.717) is 30.2 Å². The zero-order chi connectivity index (χ0) is 25.3. The molecule has 1 fully saturated rings. The normalized spacial score (nSPS) is 17.4. The Morgan fingerprint density at radius 2 is 2.14 bits per heavy atom. The number of methoxy groups -OCH3 is 1. The van der Waals surface area contributed by atoms with Crippen LogP contribution in [-0.4, -0.2) is 62.3 Å². The summed E-state index contributed by atoms with van der Waals surface area (Å²) in [4.78, 5) is 30.6. The number of hydrogen-bond acceptors (Lipinski definition) is 6. The van der Waals surface area contributed by atoms with Crippen LogP contribution in [0, 0.1) is 11.8 Å². The van der Waals surface area contributed by atoms with E-state index >= 15 is 0 Å². The van der Waals surface area contributed by atoms with Crippen molar-refractivity contribution in [3.8, 4) is 11.8 Å². The summed E-state index contributed by atoms with van der Waals surface area (Å²) in [6.45, 7) is 7.03. The topological polar surface area (TPSA) is 134 Å². The number of nitrogens with zero attached hydrogens (tertiary/aromatic N) is 5. The molecule has 2 amide bonds. The van der Waals surface area contributed by atoms with Gasteiger partial charge in [-0.2, -0.15) is 5.10 Å². The highest BCUT2D eigenvalue weighted by atomic mass is 35.5. The average Bonchev–Trinajstić information content (AvgIpc) is 3.52. The van der Waals surface area contributed by atoms with Crippen LogP contribution in [0.25, 0.3) is 11.0 Å². The van der Waals surface area contributed by atoms with E-state index in [4.69, 9.17) is 27.8 Å². The van der Waals surface area contributed by atoms with Crippen LogP contribution in [0.1, 0.15) is 41.0 Å². The number of rotatable bonds is 6. The molecule has 3 aromatic rings. The van der Waals surface area contributed by atoms with E-state index in [0.717, 1.165) is 17.6 Å². The summed E-state index contributed by atoms with van der Waals surface area (Å²) in [6, 6.07) is 3.12. The number of benzene rings is 1. The highest BCUT2D eigenvalue weighted by molar-refractivity contribution is 6.32. The van der Waals surface area contributed by atoms with E-state index in [-0.39, 0.29) is 35.1 Å². The van der Waals surface area contributed by atoms with Gasteiger partial charge in [0.25, 0.3) is 5.91 Å². The highest BCUT2D eigenvalue weighted by Crippen LogP contribution is 2.31. The summed E-state index contributed by atoms with van der Waals surface area (Å²) < 4.78 is 8.75. The standard InChI is InChI=1S/C24H26ClN7O3/c1-4-21(33)31-11-15(9-16(31)12-35-3)32-23(26)22(24(27)34)18(29-32)7-6-14-8-19-20(10-17(14)25)30(5-2)13-28-19/h4,8,10,13,15-16H,1,5,9,11-12,26H2,2-3H3,(H2,27,34)/t15-,16+/m0/s1. The lowest BCUT2D eigenvalue weighted by molar-refractivity contribution is -0.127. The molecule has 1 aromatic carbocycles. The van der Waals surface area contributed by atoms with Crippen LogP contribution in [0.5, 0.6) is 0 Å². The molecule has 2 aromatic heterocycles. The van der Waals surface area contributed by atoms with Gasteiger partial charge in [0.15, 0.2) is 5.69 Å². The molecule has 182 valence electrons. The van der Waals surface area contributed by atoms with Crippen LogP contribution >= 0.6 is 11.6 Å². The van der Waals surface area contributed by atoms with Crippen molar-refractivity contribution < 1.29 is 14.3 Å². The van der Waals surface area contributed by atoms with Crippen LogP contribution in [-0.2, 0) is 16.1 Å². The first-order valence-electron chi connectivity index (χ1n) is 11.0. The lowest BCUT2D eigenvalue weighted by Gasteiger charge is -2.22. The number of fused-ring (bicyclic) bond motifs is 1. The number of aromatic nitrogens is 4. The van der Waals surface area contributed by atoms with Gasteiger partial charge < -0.3 is 25.7 Å². The second-order valence-electron chi connectivity index (χ2n) is 8.21. The quantitative estimate of drug-likeness (QED) is 0.396. The molecule has 4 rings (SSSR count). The van der Waals surface area contributed by atoms with E-state index in [9.17, 15) is 9.59 Å². The van der Waals surface area contributed by atoms with Crippen LogP contribution in [0.2, 0.25) is 5.02 Å². The van der Waals surface area contributed by atoms with E-state index in [2.05, 4.69) is 28.5 Å². The number of anilines is 1. The van der Waals surface area contributed by atoms with E-state index in [1.165, 1.54) is 10.8 Å². The Balaban J connectivity index is 1.71. The molecule has 0 aliphatic carbocycles. The Hall–Kier alpha value is -3.81. The number of hydrogen-bond donors (Lipinski definition) is 2. The Labute approximate surface area is 207 Å². The second kappa shape index (κ2) is 9.82. The van der Waals surface area contributed by atoms with Crippen molar-refractivity contribution >= 4 is 40.3 Å². The summed E-state index contributed by atoms with van der Waals surface area (Å²) in [5.74, 6) is 5.01. The molecule has 0 unspecified atom stereocenters. The summed E-state index contributed by atoms with van der Waals surface area (Å²) in [5.41, 5.74) is 14.3. The monoisotopic (exact) mass is 495 g/mol. The summed E-state index contributed by atoms with van der Waals surface area (Å²) in [7, 11) is 1.57. The largest absolute Gasteiger partial charge is 0.383 e. The third-order valence-corrected chi connectivity index (χ3v) is 6.43. The van der Waals surface area contributed by atoms with Crippen molar-refractivity contribution in [1.82, 2.24) is 24.2 Å².